The number of rotatable bonds is 5. The Morgan fingerprint density at radius 3 is 2.80 bits per heavy atom. The van der Waals surface area contributed by atoms with Crippen LogP contribution in [0.3, 0.4) is 0 Å². The molecular weight excluding hydrogens is 128 g/mol. The Labute approximate surface area is 61.6 Å². The predicted octanol–water partition coefficient (Wildman–Crippen LogP) is 2.06. The summed E-state index contributed by atoms with van der Waals surface area (Å²) < 4.78 is 0. The normalized spacial score (nSPS) is 12.5. The van der Waals surface area contributed by atoms with Crippen molar-refractivity contribution in [3.63, 3.8) is 0 Å². The fraction of sp³-hybridized carbons (Fsp3) is 0.625. The highest BCUT2D eigenvalue weighted by molar-refractivity contribution is 5.66. The molecule has 10 heavy (non-hydrogen) atoms. The first-order valence-electron chi connectivity index (χ1n) is 3.49. The number of carboxylic acid groups (broad SMARTS) is 1. The van der Waals surface area contributed by atoms with Crippen LogP contribution in [0.15, 0.2) is 12.7 Å². The Hall–Kier alpha value is -0.790. The summed E-state index contributed by atoms with van der Waals surface area (Å²) in [6, 6.07) is 0. The number of hydrogen-bond donors (Lipinski definition) is 1. The second-order valence-electron chi connectivity index (χ2n) is 2.56. The van der Waals surface area contributed by atoms with E-state index in [1.807, 2.05) is 13.0 Å². The van der Waals surface area contributed by atoms with Crippen molar-refractivity contribution in [3.8, 4) is 0 Å². The summed E-state index contributed by atoms with van der Waals surface area (Å²) in [6.45, 7) is 5.61. The van der Waals surface area contributed by atoms with Gasteiger partial charge in [0, 0.05) is 6.42 Å². The van der Waals surface area contributed by atoms with Gasteiger partial charge >= 0.3 is 5.97 Å². The van der Waals surface area contributed by atoms with Crippen molar-refractivity contribution in [3.05, 3.63) is 12.7 Å². The van der Waals surface area contributed by atoms with E-state index in [-0.39, 0.29) is 6.42 Å². The van der Waals surface area contributed by atoms with Crippen LogP contribution in [-0.4, -0.2) is 11.1 Å². The first-order valence-corrected chi connectivity index (χ1v) is 3.49. The van der Waals surface area contributed by atoms with Crippen LogP contribution in [0.5, 0.6) is 0 Å². The molecule has 0 aliphatic heterocycles. The van der Waals surface area contributed by atoms with Crippen molar-refractivity contribution >= 4 is 5.97 Å². The van der Waals surface area contributed by atoms with E-state index < -0.39 is 5.97 Å². The minimum atomic E-state index is -0.712. The zero-order chi connectivity index (χ0) is 7.98. The summed E-state index contributed by atoms with van der Waals surface area (Å²) in [5, 5.41) is 8.30. The molecule has 58 valence electrons. The SMILES string of the molecule is C=CC[C@@H](C)CCC(=O)O. The van der Waals surface area contributed by atoms with Crippen molar-refractivity contribution in [2.24, 2.45) is 5.92 Å². The highest BCUT2D eigenvalue weighted by atomic mass is 16.4. The maximum atomic E-state index is 10.1. The number of carbonyl (C=O) groups is 1. The summed E-state index contributed by atoms with van der Waals surface area (Å²) in [5.74, 6) is -0.260. The second kappa shape index (κ2) is 5.03. The Kier molecular flexibility index (Phi) is 4.63. The zero-order valence-corrected chi connectivity index (χ0v) is 6.34. The molecule has 0 unspecified atom stereocenters. The van der Waals surface area contributed by atoms with Gasteiger partial charge in [-0.05, 0) is 18.8 Å². The van der Waals surface area contributed by atoms with Crippen LogP contribution in [0.2, 0.25) is 0 Å². The van der Waals surface area contributed by atoms with E-state index in [0.717, 1.165) is 12.8 Å². The van der Waals surface area contributed by atoms with Crippen LogP contribution >= 0.6 is 0 Å². The average molecular weight is 142 g/mol. The first-order chi connectivity index (χ1) is 4.66. The average Bonchev–Trinajstić information content (AvgIpc) is 1.85. The van der Waals surface area contributed by atoms with E-state index in [0.29, 0.717) is 5.92 Å². The van der Waals surface area contributed by atoms with Crippen LogP contribution in [0.1, 0.15) is 26.2 Å². The van der Waals surface area contributed by atoms with E-state index in [9.17, 15) is 4.79 Å². The third kappa shape index (κ3) is 5.35. The van der Waals surface area contributed by atoms with Gasteiger partial charge < -0.3 is 5.11 Å². The van der Waals surface area contributed by atoms with E-state index in [4.69, 9.17) is 5.11 Å². The van der Waals surface area contributed by atoms with Gasteiger partial charge in [-0.25, -0.2) is 0 Å². The molecule has 0 saturated heterocycles. The highest BCUT2D eigenvalue weighted by Crippen LogP contribution is 2.09. The van der Waals surface area contributed by atoms with Gasteiger partial charge in [0.2, 0.25) is 0 Å². The number of hydrogen-bond acceptors (Lipinski definition) is 1. The van der Waals surface area contributed by atoms with Crippen LogP contribution in [0, 0.1) is 5.92 Å². The third-order valence-corrected chi connectivity index (χ3v) is 1.42. The lowest BCUT2D eigenvalue weighted by Crippen LogP contribution is -1.99. The van der Waals surface area contributed by atoms with Crippen LogP contribution in [0.4, 0.5) is 0 Å². The molecule has 1 N–H and O–H groups in total. The molecule has 0 bridgehead atoms. The lowest BCUT2D eigenvalue weighted by Gasteiger charge is -2.04. The first kappa shape index (κ1) is 9.21. The highest BCUT2D eigenvalue weighted by Gasteiger charge is 2.02. The Morgan fingerprint density at radius 2 is 2.40 bits per heavy atom. The van der Waals surface area contributed by atoms with Gasteiger partial charge in [-0.15, -0.1) is 6.58 Å². The molecule has 0 aliphatic carbocycles. The molecule has 1 atom stereocenters. The Balaban J connectivity index is 3.29. The molecule has 0 radical (unpaired) electrons. The summed E-state index contributed by atoms with van der Waals surface area (Å²) in [4.78, 5) is 10.1. The van der Waals surface area contributed by atoms with Gasteiger partial charge in [-0.3, -0.25) is 4.79 Å². The summed E-state index contributed by atoms with van der Waals surface area (Å²) in [6.07, 6.45) is 3.76. The van der Waals surface area contributed by atoms with Gasteiger partial charge in [0.15, 0.2) is 0 Å². The minimum Gasteiger partial charge on any atom is -0.481 e. The molecule has 0 saturated carbocycles. The maximum Gasteiger partial charge on any atom is 0.303 e. The molecule has 0 aromatic heterocycles. The number of aliphatic carboxylic acids is 1. The van der Waals surface area contributed by atoms with E-state index in [2.05, 4.69) is 6.58 Å². The molecule has 0 aliphatic rings. The third-order valence-electron chi connectivity index (χ3n) is 1.42. The van der Waals surface area contributed by atoms with Gasteiger partial charge in [0.05, 0.1) is 0 Å². The van der Waals surface area contributed by atoms with E-state index in [1.165, 1.54) is 0 Å². The molecule has 0 aromatic rings. The monoisotopic (exact) mass is 142 g/mol. The van der Waals surface area contributed by atoms with Crippen LogP contribution < -0.4 is 0 Å². The maximum absolute atomic E-state index is 10.1. The molecule has 2 nitrogen and oxygen atoms in total. The van der Waals surface area contributed by atoms with Crippen molar-refractivity contribution < 1.29 is 9.90 Å². The van der Waals surface area contributed by atoms with Gasteiger partial charge in [0.25, 0.3) is 0 Å². The Bertz CT molecular complexity index is 118. The van der Waals surface area contributed by atoms with Gasteiger partial charge in [-0.2, -0.15) is 0 Å². The molecule has 2 heteroatoms. The molecule has 0 aromatic carbocycles. The molecule has 0 amide bonds. The standard InChI is InChI=1S/C8H14O2/c1-3-4-7(2)5-6-8(9)10/h3,7H,1,4-6H2,2H3,(H,9,10)/t7-/m1/s1. The van der Waals surface area contributed by atoms with Crippen molar-refractivity contribution in [1.29, 1.82) is 0 Å². The fourth-order valence-electron chi connectivity index (χ4n) is 0.772. The van der Waals surface area contributed by atoms with E-state index in [1.54, 1.807) is 0 Å². The largest absolute Gasteiger partial charge is 0.481 e. The molecule has 0 heterocycles. The second-order valence-corrected chi connectivity index (χ2v) is 2.56. The van der Waals surface area contributed by atoms with Crippen LogP contribution in [0.25, 0.3) is 0 Å². The topological polar surface area (TPSA) is 37.3 Å². The quantitative estimate of drug-likeness (QED) is 0.596. The number of allylic oxidation sites excluding steroid dienone is 1. The van der Waals surface area contributed by atoms with Gasteiger partial charge in [0.1, 0.15) is 0 Å². The number of carboxylic acids is 1. The zero-order valence-electron chi connectivity index (χ0n) is 6.34. The summed E-state index contributed by atoms with van der Waals surface area (Å²) in [7, 11) is 0. The van der Waals surface area contributed by atoms with Crippen LogP contribution in [-0.2, 0) is 4.79 Å². The summed E-state index contributed by atoms with van der Waals surface area (Å²) in [5.41, 5.74) is 0. The predicted molar refractivity (Wildman–Crippen MR) is 40.8 cm³/mol. The lowest BCUT2D eigenvalue weighted by atomic mass is 10.0. The van der Waals surface area contributed by atoms with Crippen molar-refractivity contribution in [2.75, 3.05) is 0 Å². The molecule has 0 fully saturated rings. The van der Waals surface area contributed by atoms with Crippen molar-refractivity contribution in [1.82, 2.24) is 0 Å². The van der Waals surface area contributed by atoms with Gasteiger partial charge in [-0.1, -0.05) is 13.0 Å². The fourth-order valence-corrected chi connectivity index (χ4v) is 0.772. The molecular formula is C8H14O2. The Morgan fingerprint density at radius 1 is 1.80 bits per heavy atom. The smallest absolute Gasteiger partial charge is 0.303 e. The molecule has 0 rings (SSSR count). The summed E-state index contributed by atoms with van der Waals surface area (Å²) >= 11 is 0. The minimum absolute atomic E-state index is 0.273. The van der Waals surface area contributed by atoms with E-state index >= 15 is 0 Å². The molecule has 0 spiro atoms. The lowest BCUT2D eigenvalue weighted by molar-refractivity contribution is -0.137. The van der Waals surface area contributed by atoms with Crippen molar-refractivity contribution in [2.45, 2.75) is 26.2 Å².